The van der Waals surface area contributed by atoms with Crippen molar-refractivity contribution in [1.29, 1.82) is 0 Å². The average molecular weight is 335 g/mol. The third-order valence-corrected chi connectivity index (χ3v) is 4.22. The number of anilines is 1. The summed E-state index contributed by atoms with van der Waals surface area (Å²) in [6, 6.07) is 6.02. The average Bonchev–Trinajstić information content (AvgIpc) is 2.99. The normalized spacial score (nSPS) is 21.9. The fourth-order valence-corrected chi connectivity index (χ4v) is 2.76. The van der Waals surface area contributed by atoms with Gasteiger partial charge in [0.1, 0.15) is 17.9 Å². The van der Waals surface area contributed by atoms with E-state index in [9.17, 15) is 9.50 Å². The predicted octanol–water partition coefficient (Wildman–Crippen LogP) is 2.73. The standard InChI is InChI=1S/C17H22FN3O3/c18-8-11(9-19)10-23-14-5-6-15-16(7-14)24-17(21-15)20-12-1-3-13(22)4-2-12/h5-8,12-13,22H,1-4,9-10,19H2,(H,20,21)/b11-8-. The molecule has 1 aromatic heterocycles. The van der Waals surface area contributed by atoms with Gasteiger partial charge >= 0.3 is 0 Å². The molecule has 3 rings (SSSR count). The molecule has 0 atom stereocenters. The lowest BCUT2D eigenvalue weighted by molar-refractivity contribution is 0.125. The van der Waals surface area contributed by atoms with Crippen LogP contribution in [0.2, 0.25) is 0 Å². The van der Waals surface area contributed by atoms with E-state index in [1.807, 2.05) is 0 Å². The van der Waals surface area contributed by atoms with E-state index in [4.69, 9.17) is 14.9 Å². The topological polar surface area (TPSA) is 93.5 Å². The quantitative estimate of drug-likeness (QED) is 0.751. The Bertz CT molecular complexity index is 708. The molecule has 1 aliphatic rings. The van der Waals surface area contributed by atoms with Crippen molar-refractivity contribution in [3.8, 4) is 5.75 Å². The zero-order chi connectivity index (χ0) is 16.9. The summed E-state index contributed by atoms with van der Waals surface area (Å²) in [5, 5.41) is 12.8. The van der Waals surface area contributed by atoms with E-state index in [2.05, 4.69) is 10.3 Å². The molecule has 1 fully saturated rings. The van der Waals surface area contributed by atoms with Crippen molar-refractivity contribution < 1.29 is 18.7 Å². The van der Waals surface area contributed by atoms with Crippen LogP contribution in [0.25, 0.3) is 11.1 Å². The lowest BCUT2D eigenvalue weighted by Gasteiger charge is -2.25. The van der Waals surface area contributed by atoms with Gasteiger partial charge in [0.15, 0.2) is 5.58 Å². The highest BCUT2D eigenvalue weighted by Gasteiger charge is 2.20. The Hall–Kier alpha value is -2.12. The molecule has 4 N–H and O–H groups in total. The molecule has 0 spiro atoms. The van der Waals surface area contributed by atoms with Crippen molar-refractivity contribution in [2.45, 2.75) is 37.8 Å². The minimum atomic E-state index is -0.192. The van der Waals surface area contributed by atoms with Gasteiger partial charge in [0, 0.05) is 24.2 Å². The second kappa shape index (κ2) is 7.63. The summed E-state index contributed by atoms with van der Waals surface area (Å²) in [5.74, 6) is 0.568. The second-order valence-electron chi connectivity index (χ2n) is 6.06. The Morgan fingerprint density at radius 2 is 2.21 bits per heavy atom. The van der Waals surface area contributed by atoms with E-state index in [1.54, 1.807) is 18.2 Å². The first-order chi connectivity index (χ1) is 11.7. The van der Waals surface area contributed by atoms with Crippen LogP contribution in [0.1, 0.15) is 25.7 Å². The maximum absolute atomic E-state index is 12.5. The first kappa shape index (κ1) is 16.7. The zero-order valence-corrected chi connectivity index (χ0v) is 13.4. The van der Waals surface area contributed by atoms with Gasteiger partial charge in [-0.3, -0.25) is 0 Å². The van der Waals surface area contributed by atoms with Crippen molar-refractivity contribution >= 4 is 17.1 Å². The number of nitrogens with two attached hydrogens (primary N) is 1. The molecule has 24 heavy (non-hydrogen) atoms. The predicted molar refractivity (Wildman–Crippen MR) is 89.6 cm³/mol. The Kier molecular flexibility index (Phi) is 5.32. The number of nitrogens with one attached hydrogen (secondary N) is 1. The summed E-state index contributed by atoms with van der Waals surface area (Å²) in [5.41, 5.74) is 7.11. The molecule has 1 saturated carbocycles. The van der Waals surface area contributed by atoms with Crippen LogP contribution < -0.4 is 15.8 Å². The zero-order valence-electron chi connectivity index (χ0n) is 13.4. The summed E-state index contributed by atoms with van der Waals surface area (Å²) in [4.78, 5) is 4.41. The van der Waals surface area contributed by atoms with Crippen LogP contribution >= 0.6 is 0 Å². The van der Waals surface area contributed by atoms with Gasteiger partial charge in [-0.05, 0) is 37.8 Å². The van der Waals surface area contributed by atoms with E-state index >= 15 is 0 Å². The summed E-state index contributed by atoms with van der Waals surface area (Å²) >= 11 is 0. The largest absolute Gasteiger partial charge is 0.489 e. The summed E-state index contributed by atoms with van der Waals surface area (Å²) in [6.45, 7) is 0.216. The molecule has 7 heteroatoms. The number of oxazole rings is 1. The molecular weight excluding hydrogens is 313 g/mol. The van der Waals surface area contributed by atoms with Crippen LogP contribution in [0.4, 0.5) is 10.4 Å². The van der Waals surface area contributed by atoms with Gasteiger partial charge < -0.3 is 25.3 Å². The number of halogens is 1. The molecule has 6 nitrogen and oxygen atoms in total. The van der Waals surface area contributed by atoms with Crippen molar-refractivity contribution in [3.63, 3.8) is 0 Å². The molecule has 0 saturated heterocycles. The Labute approximate surface area is 139 Å². The second-order valence-corrected chi connectivity index (χ2v) is 6.06. The van der Waals surface area contributed by atoms with Gasteiger partial charge in [-0.1, -0.05) is 0 Å². The number of ether oxygens (including phenoxy) is 1. The fourth-order valence-electron chi connectivity index (χ4n) is 2.76. The molecule has 130 valence electrons. The molecule has 1 aliphatic carbocycles. The van der Waals surface area contributed by atoms with Crippen molar-refractivity contribution in [2.75, 3.05) is 18.5 Å². The van der Waals surface area contributed by atoms with E-state index < -0.39 is 0 Å². The smallest absolute Gasteiger partial charge is 0.295 e. The van der Waals surface area contributed by atoms with Gasteiger partial charge in [0.2, 0.25) is 0 Å². The van der Waals surface area contributed by atoms with Crippen LogP contribution in [-0.2, 0) is 0 Å². The Morgan fingerprint density at radius 1 is 1.42 bits per heavy atom. The number of rotatable bonds is 6. The highest BCUT2D eigenvalue weighted by molar-refractivity contribution is 5.76. The van der Waals surface area contributed by atoms with E-state index in [0.29, 0.717) is 29.3 Å². The number of aliphatic hydroxyl groups is 1. The van der Waals surface area contributed by atoms with Crippen LogP contribution in [-0.4, -0.2) is 35.4 Å². The van der Waals surface area contributed by atoms with Crippen LogP contribution in [0.15, 0.2) is 34.5 Å². The summed E-state index contributed by atoms with van der Waals surface area (Å²) in [6.07, 6.45) is 3.65. The Morgan fingerprint density at radius 3 is 2.92 bits per heavy atom. The van der Waals surface area contributed by atoms with Crippen molar-refractivity contribution in [3.05, 3.63) is 30.1 Å². The number of hydrogen-bond acceptors (Lipinski definition) is 6. The lowest BCUT2D eigenvalue weighted by Crippen LogP contribution is -2.28. The van der Waals surface area contributed by atoms with E-state index in [-0.39, 0.29) is 25.3 Å². The molecular formula is C17H22FN3O3. The highest BCUT2D eigenvalue weighted by atomic mass is 19.1. The number of aromatic nitrogens is 1. The van der Waals surface area contributed by atoms with Gasteiger partial charge in [-0.2, -0.15) is 4.98 Å². The number of nitrogens with zero attached hydrogens (tertiary/aromatic N) is 1. The van der Waals surface area contributed by atoms with Crippen LogP contribution in [0.3, 0.4) is 0 Å². The van der Waals surface area contributed by atoms with Gasteiger partial charge in [0.25, 0.3) is 6.01 Å². The van der Waals surface area contributed by atoms with Gasteiger partial charge in [0.05, 0.1) is 12.4 Å². The fraction of sp³-hybridized carbons (Fsp3) is 0.471. The number of aliphatic hydroxyl groups excluding tert-OH is 1. The van der Waals surface area contributed by atoms with E-state index in [0.717, 1.165) is 31.2 Å². The minimum Gasteiger partial charge on any atom is -0.489 e. The van der Waals surface area contributed by atoms with Crippen molar-refractivity contribution in [1.82, 2.24) is 4.98 Å². The first-order valence-electron chi connectivity index (χ1n) is 8.14. The van der Waals surface area contributed by atoms with Gasteiger partial charge in [-0.15, -0.1) is 0 Å². The maximum atomic E-state index is 12.5. The third-order valence-electron chi connectivity index (χ3n) is 4.22. The number of hydrogen-bond donors (Lipinski definition) is 3. The third kappa shape index (κ3) is 4.04. The first-order valence-corrected chi connectivity index (χ1v) is 8.14. The SMILES string of the molecule is NC/C(=C/F)COc1ccc2nc(NC3CCC(O)CC3)oc2c1. The maximum Gasteiger partial charge on any atom is 0.295 e. The molecule has 0 radical (unpaired) electrons. The molecule has 0 bridgehead atoms. The summed E-state index contributed by atoms with van der Waals surface area (Å²) < 4.78 is 23.7. The van der Waals surface area contributed by atoms with Crippen LogP contribution in [0.5, 0.6) is 5.75 Å². The molecule has 2 aromatic rings. The van der Waals surface area contributed by atoms with Crippen molar-refractivity contribution in [2.24, 2.45) is 5.73 Å². The summed E-state index contributed by atoms with van der Waals surface area (Å²) in [7, 11) is 0. The molecule has 0 amide bonds. The molecule has 1 aromatic carbocycles. The van der Waals surface area contributed by atoms with Gasteiger partial charge in [-0.25, -0.2) is 4.39 Å². The molecule has 0 aliphatic heterocycles. The number of fused-ring (bicyclic) bond motifs is 1. The monoisotopic (exact) mass is 335 g/mol. The van der Waals surface area contributed by atoms with E-state index in [1.165, 1.54) is 0 Å². The molecule has 0 unspecified atom stereocenters. The minimum absolute atomic E-state index is 0.0994. The Balaban J connectivity index is 1.65. The highest BCUT2D eigenvalue weighted by Crippen LogP contribution is 2.27. The van der Waals surface area contributed by atoms with Crippen LogP contribution in [0, 0.1) is 0 Å². The lowest BCUT2D eigenvalue weighted by atomic mass is 9.93. The molecule has 1 heterocycles. The number of benzene rings is 1.